The molecule has 1 atom stereocenters. The second kappa shape index (κ2) is 7.38. The molecule has 1 aromatic heterocycles. The summed E-state index contributed by atoms with van der Waals surface area (Å²) in [5, 5.41) is 3.33. The molecule has 1 N–H and O–H groups in total. The minimum Gasteiger partial charge on any atom is -0.478 e. The minimum absolute atomic E-state index is 0.313. The van der Waals surface area contributed by atoms with Crippen molar-refractivity contribution in [3.63, 3.8) is 0 Å². The van der Waals surface area contributed by atoms with E-state index in [-0.39, 0.29) is 0 Å². The lowest BCUT2D eigenvalue weighted by Gasteiger charge is -2.15. The SMILES string of the molecule is CCOc1ncccc1-c1ccccc1COC1CCNC1. The van der Waals surface area contributed by atoms with E-state index in [0.717, 1.165) is 30.6 Å². The van der Waals surface area contributed by atoms with Crippen LogP contribution < -0.4 is 10.1 Å². The van der Waals surface area contributed by atoms with Gasteiger partial charge in [0, 0.05) is 18.3 Å². The van der Waals surface area contributed by atoms with E-state index in [0.29, 0.717) is 25.2 Å². The van der Waals surface area contributed by atoms with Crippen molar-refractivity contribution >= 4 is 0 Å². The number of pyridine rings is 1. The molecule has 1 aliphatic heterocycles. The van der Waals surface area contributed by atoms with Crippen molar-refractivity contribution in [3.05, 3.63) is 48.2 Å². The third kappa shape index (κ3) is 3.46. The summed E-state index contributed by atoms with van der Waals surface area (Å²) in [7, 11) is 0. The molecule has 22 heavy (non-hydrogen) atoms. The van der Waals surface area contributed by atoms with Crippen molar-refractivity contribution < 1.29 is 9.47 Å². The van der Waals surface area contributed by atoms with Gasteiger partial charge in [0.2, 0.25) is 5.88 Å². The summed E-state index contributed by atoms with van der Waals surface area (Å²) in [5.74, 6) is 0.681. The summed E-state index contributed by atoms with van der Waals surface area (Å²) >= 11 is 0. The fourth-order valence-corrected chi connectivity index (χ4v) is 2.73. The second-order valence-electron chi connectivity index (χ2n) is 5.37. The molecule has 0 spiro atoms. The van der Waals surface area contributed by atoms with Crippen LogP contribution in [0.3, 0.4) is 0 Å². The highest BCUT2D eigenvalue weighted by atomic mass is 16.5. The Kier molecular flexibility index (Phi) is 5.03. The van der Waals surface area contributed by atoms with Gasteiger partial charge in [0.25, 0.3) is 0 Å². The Bertz CT molecular complexity index is 610. The molecule has 1 aromatic carbocycles. The standard InChI is InChI=1S/C18H22N2O2/c1-2-21-18-17(8-5-10-20-18)16-7-4-3-6-14(16)13-22-15-9-11-19-12-15/h3-8,10,15,19H,2,9,11-13H2,1H3. The zero-order chi connectivity index (χ0) is 15.2. The fraction of sp³-hybridized carbons (Fsp3) is 0.389. The van der Waals surface area contributed by atoms with Gasteiger partial charge in [0.05, 0.1) is 19.3 Å². The number of benzene rings is 1. The molecule has 2 heterocycles. The highest BCUT2D eigenvalue weighted by Crippen LogP contribution is 2.31. The van der Waals surface area contributed by atoms with Crippen molar-refractivity contribution in [3.8, 4) is 17.0 Å². The maximum Gasteiger partial charge on any atom is 0.221 e. The third-order valence-corrected chi connectivity index (χ3v) is 3.85. The van der Waals surface area contributed by atoms with Crippen LogP contribution in [0.25, 0.3) is 11.1 Å². The predicted molar refractivity (Wildman–Crippen MR) is 86.9 cm³/mol. The van der Waals surface area contributed by atoms with E-state index < -0.39 is 0 Å². The topological polar surface area (TPSA) is 43.4 Å². The van der Waals surface area contributed by atoms with Crippen molar-refractivity contribution in [1.82, 2.24) is 10.3 Å². The summed E-state index contributed by atoms with van der Waals surface area (Å²) in [4.78, 5) is 4.35. The molecule has 2 aromatic rings. The van der Waals surface area contributed by atoms with E-state index in [2.05, 4.69) is 22.4 Å². The van der Waals surface area contributed by atoms with E-state index >= 15 is 0 Å². The normalized spacial score (nSPS) is 17.6. The Morgan fingerprint density at radius 3 is 2.86 bits per heavy atom. The molecule has 0 radical (unpaired) electrons. The van der Waals surface area contributed by atoms with Crippen LogP contribution in [-0.2, 0) is 11.3 Å². The van der Waals surface area contributed by atoms with Gasteiger partial charge in [-0.3, -0.25) is 0 Å². The van der Waals surface area contributed by atoms with Gasteiger partial charge in [-0.15, -0.1) is 0 Å². The van der Waals surface area contributed by atoms with Gasteiger partial charge in [0.1, 0.15) is 0 Å². The molecule has 4 heteroatoms. The maximum absolute atomic E-state index is 6.03. The van der Waals surface area contributed by atoms with Crippen molar-refractivity contribution in [2.45, 2.75) is 26.1 Å². The molecular formula is C18H22N2O2. The first kappa shape index (κ1) is 15.0. The fourth-order valence-electron chi connectivity index (χ4n) is 2.73. The summed E-state index contributed by atoms with van der Waals surface area (Å²) < 4.78 is 11.7. The largest absolute Gasteiger partial charge is 0.478 e. The predicted octanol–water partition coefficient (Wildman–Crippen LogP) is 3.03. The van der Waals surface area contributed by atoms with Crippen LogP contribution in [0.5, 0.6) is 5.88 Å². The van der Waals surface area contributed by atoms with E-state index in [1.165, 1.54) is 5.56 Å². The molecule has 3 rings (SSSR count). The third-order valence-electron chi connectivity index (χ3n) is 3.85. The summed E-state index contributed by atoms with van der Waals surface area (Å²) in [6.45, 7) is 5.18. The van der Waals surface area contributed by atoms with E-state index in [4.69, 9.17) is 9.47 Å². The summed E-state index contributed by atoms with van der Waals surface area (Å²) in [6, 6.07) is 12.3. The molecule has 4 nitrogen and oxygen atoms in total. The van der Waals surface area contributed by atoms with Gasteiger partial charge >= 0.3 is 0 Å². The maximum atomic E-state index is 6.03. The molecule has 116 valence electrons. The number of ether oxygens (including phenoxy) is 2. The molecule has 1 fully saturated rings. The lowest BCUT2D eigenvalue weighted by Crippen LogP contribution is -2.16. The van der Waals surface area contributed by atoms with Crippen LogP contribution in [0, 0.1) is 0 Å². The molecule has 0 saturated carbocycles. The van der Waals surface area contributed by atoms with Gasteiger partial charge in [-0.25, -0.2) is 4.98 Å². The Balaban J connectivity index is 1.84. The monoisotopic (exact) mass is 298 g/mol. The number of nitrogens with zero attached hydrogens (tertiary/aromatic N) is 1. The van der Waals surface area contributed by atoms with Gasteiger partial charge in [-0.2, -0.15) is 0 Å². The molecular weight excluding hydrogens is 276 g/mol. The van der Waals surface area contributed by atoms with Crippen molar-refractivity contribution in [1.29, 1.82) is 0 Å². The van der Waals surface area contributed by atoms with Crippen LogP contribution in [0.2, 0.25) is 0 Å². The number of hydrogen-bond donors (Lipinski definition) is 1. The van der Waals surface area contributed by atoms with Crippen LogP contribution in [0.15, 0.2) is 42.6 Å². The quantitative estimate of drug-likeness (QED) is 0.890. The molecule has 0 bridgehead atoms. The molecule has 1 unspecified atom stereocenters. The number of aromatic nitrogens is 1. The Hall–Kier alpha value is -1.91. The highest BCUT2D eigenvalue weighted by Gasteiger charge is 2.16. The van der Waals surface area contributed by atoms with Gasteiger partial charge in [-0.1, -0.05) is 24.3 Å². The molecule has 0 aliphatic carbocycles. The number of hydrogen-bond acceptors (Lipinski definition) is 4. The van der Waals surface area contributed by atoms with E-state index in [1.807, 2.05) is 31.2 Å². The van der Waals surface area contributed by atoms with E-state index in [9.17, 15) is 0 Å². The van der Waals surface area contributed by atoms with Crippen LogP contribution in [-0.4, -0.2) is 30.8 Å². The molecule has 1 saturated heterocycles. The van der Waals surface area contributed by atoms with Crippen LogP contribution >= 0.6 is 0 Å². The van der Waals surface area contributed by atoms with Gasteiger partial charge in [0.15, 0.2) is 0 Å². The highest BCUT2D eigenvalue weighted by molar-refractivity contribution is 5.71. The summed E-state index contributed by atoms with van der Waals surface area (Å²) in [5.41, 5.74) is 3.32. The average Bonchev–Trinajstić information content (AvgIpc) is 3.08. The smallest absolute Gasteiger partial charge is 0.221 e. The molecule has 1 aliphatic rings. The minimum atomic E-state index is 0.313. The van der Waals surface area contributed by atoms with Crippen LogP contribution in [0.1, 0.15) is 18.9 Å². The first-order valence-corrected chi connectivity index (χ1v) is 7.87. The first-order chi connectivity index (χ1) is 10.9. The zero-order valence-electron chi connectivity index (χ0n) is 12.9. The lowest BCUT2D eigenvalue weighted by atomic mass is 10.0. The van der Waals surface area contributed by atoms with Gasteiger partial charge < -0.3 is 14.8 Å². The summed E-state index contributed by atoms with van der Waals surface area (Å²) in [6.07, 6.45) is 3.16. The van der Waals surface area contributed by atoms with Crippen molar-refractivity contribution in [2.24, 2.45) is 0 Å². The Morgan fingerprint density at radius 1 is 1.18 bits per heavy atom. The number of rotatable bonds is 6. The Morgan fingerprint density at radius 2 is 2.05 bits per heavy atom. The lowest BCUT2D eigenvalue weighted by molar-refractivity contribution is 0.0545. The van der Waals surface area contributed by atoms with Crippen molar-refractivity contribution in [2.75, 3.05) is 19.7 Å². The van der Waals surface area contributed by atoms with Gasteiger partial charge in [-0.05, 0) is 43.1 Å². The van der Waals surface area contributed by atoms with E-state index in [1.54, 1.807) is 6.20 Å². The zero-order valence-corrected chi connectivity index (χ0v) is 12.9. The molecule has 0 amide bonds. The Labute approximate surface area is 131 Å². The van der Waals surface area contributed by atoms with Crippen LogP contribution in [0.4, 0.5) is 0 Å². The number of nitrogens with one attached hydrogen (secondary N) is 1. The first-order valence-electron chi connectivity index (χ1n) is 7.87. The average molecular weight is 298 g/mol. The second-order valence-corrected chi connectivity index (χ2v) is 5.37.